The van der Waals surface area contributed by atoms with Gasteiger partial charge >= 0.3 is 0 Å². The second-order valence-electron chi connectivity index (χ2n) is 3.90. The lowest BCUT2D eigenvalue weighted by Crippen LogP contribution is -2.29. The Bertz CT molecular complexity index is 247. The number of allylic oxidation sites excluding steroid dienone is 4. The van der Waals surface area contributed by atoms with Gasteiger partial charge in [-0.3, -0.25) is 0 Å². The van der Waals surface area contributed by atoms with Crippen molar-refractivity contribution in [1.29, 1.82) is 0 Å². The zero-order valence-corrected chi connectivity index (χ0v) is 11.5. The molecule has 1 fully saturated rings. The molecular weight excluding hydrogens is 297 g/mol. The quantitative estimate of drug-likeness (QED) is 0.601. The van der Waals surface area contributed by atoms with E-state index in [0.29, 0.717) is 6.04 Å². The molecule has 0 aliphatic heterocycles. The molecule has 0 saturated heterocycles. The number of nitrogens with one attached hydrogen (secondary N) is 1. The van der Waals surface area contributed by atoms with Crippen LogP contribution >= 0.6 is 22.6 Å². The fourth-order valence-corrected chi connectivity index (χ4v) is 2.15. The number of halogens is 1. The van der Waals surface area contributed by atoms with Crippen molar-refractivity contribution in [1.82, 2.24) is 5.32 Å². The Morgan fingerprint density at radius 3 is 2.53 bits per heavy atom. The summed E-state index contributed by atoms with van der Waals surface area (Å²) in [6, 6.07) is 0.693. The van der Waals surface area contributed by atoms with Crippen LogP contribution < -0.4 is 5.32 Å². The van der Waals surface area contributed by atoms with Gasteiger partial charge in [0.25, 0.3) is 0 Å². The molecule has 1 aliphatic carbocycles. The van der Waals surface area contributed by atoms with Gasteiger partial charge in [-0.05, 0) is 29.9 Å². The molecule has 0 atom stereocenters. The van der Waals surface area contributed by atoms with Crippen LogP contribution in [0.1, 0.15) is 39.0 Å². The van der Waals surface area contributed by atoms with E-state index in [-0.39, 0.29) is 0 Å². The number of hydrogen-bond acceptors (Lipinski definition) is 1. The molecule has 0 amide bonds. The van der Waals surface area contributed by atoms with E-state index in [1.807, 2.05) is 10.2 Å². The van der Waals surface area contributed by atoms with Crippen LogP contribution in [0.3, 0.4) is 0 Å². The fraction of sp³-hybridized carbons (Fsp3) is 0.538. The van der Waals surface area contributed by atoms with E-state index < -0.39 is 0 Å². The molecule has 1 nitrogen and oxygen atoms in total. The molecule has 0 radical (unpaired) electrons. The summed E-state index contributed by atoms with van der Waals surface area (Å²) in [5.41, 5.74) is 1.25. The molecule has 0 heterocycles. The summed E-state index contributed by atoms with van der Waals surface area (Å²) >= 11 is 2.23. The predicted octanol–water partition coefficient (Wildman–Crippen LogP) is 4.32. The van der Waals surface area contributed by atoms with E-state index in [4.69, 9.17) is 0 Å². The van der Waals surface area contributed by atoms with Gasteiger partial charge in [0.1, 0.15) is 0 Å². The summed E-state index contributed by atoms with van der Waals surface area (Å²) in [6.07, 6.45) is 15.2. The summed E-state index contributed by atoms with van der Waals surface area (Å²) in [7, 11) is 0. The monoisotopic (exact) mass is 317 g/mol. The van der Waals surface area contributed by atoms with Crippen LogP contribution in [-0.2, 0) is 0 Å². The highest BCUT2D eigenvalue weighted by Gasteiger charge is 2.12. The van der Waals surface area contributed by atoms with Crippen LogP contribution in [-0.4, -0.2) is 6.04 Å². The summed E-state index contributed by atoms with van der Waals surface area (Å²) in [5, 5.41) is 3.60. The standard InChI is InChI=1S/C13H20IN/c1-2-12(8-6-7-11-14)15-13-9-4-3-5-10-13/h2,6-8,11,13,15H,3-5,9-10H2,1H3/b8-6-,11-7+,12-2+. The smallest absolute Gasteiger partial charge is 0.0298 e. The van der Waals surface area contributed by atoms with Crippen LogP contribution in [0.4, 0.5) is 0 Å². The average molecular weight is 317 g/mol. The van der Waals surface area contributed by atoms with Crippen molar-refractivity contribution < 1.29 is 0 Å². The van der Waals surface area contributed by atoms with Crippen molar-refractivity contribution in [3.63, 3.8) is 0 Å². The minimum Gasteiger partial charge on any atom is -0.383 e. The van der Waals surface area contributed by atoms with E-state index in [1.54, 1.807) is 0 Å². The van der Waals surface area contributed by atoms with Crippen molar-refractivity contribution in [2.45, 2.75) is 45.1 Å². The number of hydrogen-bond donors (Lipinski definition) is 1. The van der Waals surface area contributed by atoms with Crippen LogP contribution in [0.5, 0.6) is 0 Å². The van der Waals surface area contributed by atoms with Gasteiger partial charge in [0.2, 0.25) is 0 Å². The molecule has 1 saturated carbocycles. The minimum absolute atomic E-state index is 0.693. The summed E-state index contributed by atoms with van der Waals surface area (Å²) in [4.78, 5) is 0. The highest BCUT2D eigenvalue weighted by atomic mass is 127. The minimum atomic E-state index is 0.693. The Morgan fingerprint density at radius 1 is 1.20 bits per heavy atom. The third-order valence-corrected chi connectivity index (χ3v) is 3.16. The van der Waals surface area contributed by atoms with Gasteiger partial charge in [-0.1, -0.05) is 60.1 Å². The Labute approximate surface area is 107 Å². The second-order valence-corrected chi connectivity index (χ2v) is 4.62. The lowest BCUT2D eigenvalue weighted by atomic mass is 9.95. The van der Waals surface area contributed by atoms with Crippen molar-refractivity contribution in [3.05, 3.63) is 34.1 Å². The predicted molar refractivity (Wildman–Crippen MR) is 76.1 cm³/mol. The lowest BCUT2D eigenvalue weighted by Gasteiger charge is -2.24. The SMILES string of the molecule is C\C=C(/C=C\C=C\I)NC1CCCCC1. The molecule has 15 heavy (non-hydrogen) atoms. The third kappa shape index (κ3) is 5.40. The van der Waals surface area contributed by atoms with Crippen molar-refractivity contribution in [3.8, 4) is 0 Å². The largest absolute Gasteiger partial charge is 0.383 e. The molecule has 1 rings (SSSR count). The average Bonchev–Trinajstić information content (AvgIpc) is 2.29. The molecule has 1 N–H and O–H groups in total. The normalized spacial score (nSPS) is 20.3. The van der Waals surface area contributed by atoms with E-state index in [0.717, 1.165) is 0 Å². The molecule has 0 aromatic carbocycles. The summed E-state index contributed by atoms with van der Waals surface area (Å²) in [6.45, 7) is 2.09. The zero-order chi connectivity index (χ0) is 10.9. The molecule has 2 heteroatoms. The van der Waals surface area contributed by atoms with E-state index in [1.165, 1.54) is 37.8 Å². The molecule has 0 aromatic heterocycles. The Kier molecular flexibility index (Phi) is 6.81. The molecule has 0 aromatic rings. The Balaban J connectivity index is 2.39. The molecule has 1 aliphatic rings. The van der Waals surface area contributed by atoms with Crippen molar-refractivity contribution in [2.24, 2.45) is 0 Å². The Morgan fingerprint density at radius 2 is 1.93 bits per heavy atom. The van der Waals surface area contributed by atoms with Crippen LogP contribution in [0.25, 0.3) is 0 Å². The Hall–Kier alpha value is -0.250. The van der Waals surface area contributed by atoms with Gasteiger partial charge < -0.3 is 5.32 Å². The van der Waals surface area contributed by atoms with Crippen molar-refractivity contribution in [2.75, 3.05) is 0 Å². The van der Waals surface area contributed by atoms with Crippen molar-refractivity contribution >= 4 is 22.6 Å². The first-order valence-electron chi connectivity index (χ1n) is 5.73. The van der Waals surface area contributed by atoms with Gasteiger partial charge in [0, 0.05) is 11.7 Å². The summed E-state index contributed by atoms with van der Waals surface area (Å²) in [5.74, 6) is 0. The molecule has 0 unspecified atom stereocenters. The first kappa shape index (κ1) is 12.8. The van der Waals surface area contributed by atoms with Gasteiger partial charge in [0.05, 0.1) is 0 Å². The van der Waals surface area contributed by atoms with Crippen LogP contribution in [0.15, 0.2) is 34.1 Å². The summed E-state index contributed by atoms with van der Waals surface area (Å²) < 4.78 is 2.02. The zero-order valence-electron chi connectivity index (χ0n) is 9.38. The first-order chi connectivity index (χ1) is 7.36. The van der Waals surface area contributed by atoms with Gasteiger partial charge in [-0.15, -0.1) is 0 Å². The topological polar surface area (TPSA) is 12.0 Å². The molecule has 0 spiro atoms. The highest BCUT2D eigenvalue weighted by molar-refractivity contribution is 14.1. The molecule has 84 valence electrons. The van der Waals surface area contributed by atoms with E-state index in [2.05, 4.69) is 53.1 Å². The third-order valence-electron chi connectivity index (χ3n) is 2.75. The first-order valence-corrected chi connectivity index (χ1v) is 6.97. The maximum atomic E-state index is 3.60. The van der Waals surface area contributed by atoms with Gasteiger partial charge in [-0.25, -0.2) is 0 Å². The second kappa shape index (κ2) is 7.97. The van der Waals surface area contributed by atoms with Crippen LogP contribution in [0, 0.1) is 0 Å². The van der Waals surface area contributed by atoms with Crippen LogP contribution in [0.2, 0.25) is 0 Å². The maximum absolute atomic E-state index is 3.60. The van der Waals surface area contributed by atoms with E-state index in [9.17, 15) is 0 Å². The highest BCUT2D eigenvalue weighted by Crippen LogP contribution is 2.18. The number of rotatable bonds is 4. The maximum Gasteiger partial charge on any atom is 0.0298 e. The van der Waals surface area contributed by atoms with Gasteiger partial charge in [-0.2, -0.15) is 0 Å². The molecule has 0 bridgehead atoms. The lowest BCUT2D eigenvalue weighted by molar-refractivity contribution is 0.399. The van der Waals surface area contributed by atoms with E-state index >= 15 is 0 Å². The fourth-order valence-electron chi connectivity index (χ4n) is 1.91. The van der Waals surface area contributed by atoms with Gasteiger partial charge in [0.15, 0.2) is 0 Å². The molecular formula is C13H20IN.